The highest BCUT2D eigenvalue weighted by molar-refractivity contribution is 7.71. The summed E-state index contributed by atoms with van der Waals surface area (Å²) in [6.07, 6.45) is 0. The minimum atomic E-state index is 0.194. The number of benzene rings is 1. The van der Waals surface area contributed by atoms with Crippen molar-refractivity contribution in [1.29, 1.82) is 0 Å². The van der Waals surface area contributed by atoms with Gasteiger partial charge in [0.2, 0.25) is 10.7 Å². The summed E-state index contributed by atoms with van der Waals surface area (Å²) < 4.78 is 7.06. The van der Waals surface area contributed by atoms with Crippen LogP contribution in [0.3, 0.4) is 0 Å². The Labute approximate surface area is 94.1 Å². The molecule has 7 heteroatoms. The van der Waals surface area contributed by atoms with E-state index in [1.165, 1.54) is 4.63 Å². The van der Waals surface area contributed by atoms with Gasteiger partial charge in [-0.3, -0.25) is 0 Å². The lowest BCUT2D eigenvalue weighted by molar-refractivity contribution is 0.475. The Hall–Kier alpha value is -2.15. The standard InChI is InChI=1S/C9H6N4O2S/c14-6-3-1-5(2-4-6)7-11-13-9(15-7)10-8(16)12-13/h1-4,14H,(H,12,16). The van der Waals surface area contributed by atoms with Crippen molar-refractivity contribution in [3.8, 4) is 17.2 Å². The first-order valence-corrected chi connectivity index (χ1v) is 4.88. The average Bonchev–Trinajstić information content (AvgIpc) is 2.75. The molecule has 0 aliphatic heterocycles. The lowest BCUT2D eigenvalue weighted by Gasteiger charge is -1.93. The summed E-state index contributed by atoms with van der Waals surface area (Å²) in [6, 6.07) is 6.53. The summed E-state index contributed by atoms with van der Waals surface area (Å²) >= 11 is 4.82. The number of nitrogens with zero attached hydrogens (tertiary/aromatic N) is 3. The van der Waals surface area contributed by atoms with E-state index >= 15 is 0 Å². The number of hydrogen-bond acceptors (Lipinski definition) is 5. The summed E-state index contributed by atoms with van der Waals surface area (Å²) in [7, 11) is 0. The molecule has 0 bridgehead atoms. The van der Waals surface area contributed by atoms with Crippen LogP contribution in [0.2, 0.25) is 0 Å². The van der Waals surface area contributed by atoms with Crippen LogP contribution in [-0.2, 0) is 0 Å². The highest BCUT2D eigenvalue weighted by atomic mass is 32.1. The van der Waals surface area contributed by atoms with E-state index in [0.717, 1.165) is 5.56 Å². The molecular formula is C9H6N4O2S. The molecule has 2 N–H and O–H groups in total. The molecule has 0 amide bonds. The summed E-state index contributed by atoms with van der Waals surface area (Å²) in [5, 5.41) is 16.0. The summed E-state index contributed by atoms with van der Waals surface area (Å²) in [4.78, 5) is 3.92. The maximum absolute atomic E-state index is 9.15. The number of nitrogens with one attached hydrogen (secondary N) is 1. The fourth-order valence-corrected chi connectivity index (χ4v) is 1.51. The Morgan fingerprint density at radius 1 is 1.31 bits per heavy atom. The van der Waals surface area contributed by atoms with Crippen LogP contribution in [0.15, 0.2) is 28.7 Å². The fraction of sp³-hybridized carbons (Fsp3) is 0. The fourth-order valence-electron chi connectivity index (χ4n) is 1.35. The van der Waals surface area contributed by atoms with Gasteiger partial charge in [-0.15, -0.1) is 9.73 Å². The van der Waals surface area contributed by atoms with Gasteiger partial charge < -0.3 is 9.52 Å². The third kappa shape index (κ3) is 1.38. The maximum atomic E-state index is 9.15. The second-order valence-corrected chi connectivity index (χ2v) is 3.56. The predicted octanol–water partition coefficient (Wildman–Crippen LogP) is 1.75. The van der Waals surface area contributed by atoms with Gasteiger partial charge in [0.1, 0.15) is 5.75 Å². The second-order valence-electron chi connectivity index (χ2n) is 3.18. The molecule has 6 nitrogen and oxygen atoms in total. The number of aromatic hydroxyl groups is 1. The predicted molar refractivity (Wildman–Crippen MR) is 57.5 cm³/mol. The van der Waals surface area contributed by atoms with Crippen LogP contribution < -0.4 is 0 Å². The van der Waals surface area contributed by atoms with Crippen molar-refractivity contribution < 1.29 is 9.52 Å². The van der Waals surface area contributed by atoms with Gasteiger partial charge in [0, 0.05) is 5.56 Å². The molecule has 3 rings (SSSR count). The molecule has 0 aliphatic carbocycles. The van der Waals surface area contributed by atoms with Gasteiger partial charge in [0.25, 0.3) is 0 Å². The summed E-state index contributed by atoms with van der Waals surface area (Å²) in [6.45, 7) is 0. The topological polar surface area (TPSA) is 79.4 Å². The molecule has 80 valence electrons. The first-order chi connectivity index (χ1) is 7.72. The molecule has 0 unspecified atom stereocenters. The van der Waals surface area contributed by atoms with Crippen LogP contribution in [0, 0.1) is 4.77 Å². The van der Waals surface area contributed by atoms with E-state index in [2.05, 4.69) is 15.2 Å². The Balaban J connectivity index is 2.15. The Kier molecular flexibility index (Phi) is 1.80. The summed E-state index contributed by atoms with van der Waals surface area (Å²) in [5.41, 5.74) is 0.752. The van der Waals surface area contributed by atoms with Gasteiger partial charge in [-0.2, -0.15) is 4.98 Å². The molecule has 0 atom stereocenters. The van der Waals surface area contributed by atoms with Gasteiger partial charge in [0.15, 0.2) is 0 Å². The lowest BCUT2D eigenvalue weighted by Crippen LogP contribution is -1.86. The number of phenols is 1. The SMILES string of the molecule is Oc1ccc(-c2nn3[nH]c(=S)nc3o2)cc1. The van der Waals surface area contributed by atoms with Crippen molar-refractivity contribution in [3.63, 3.8) is 0 Å². The molecule has 3 aromatic rings. The molecule has 2 aromatic heterocycles. The van der Waals surface area contributed by atoms with E-state index in [4.69, 9.17) is 21.7 Å². The smallest absolute Gasteiger partial charge is 0.343 e. The molecule has 2 heterocycles. The Bertz CT molecular complexity index is 660. The van der Waals surface area contributed by atoms with E-state index in [-0.39, 0.29) is 5.75 Å². The third-order valence-corrected chi connectivity index (χ3v) is 2.26. The third-order valence-electron chi connectivity index (χ3n) is 2.07. The average molecular weight is 234 g/mol. The van der Waals surface area contributed by atoms with E-state index in [0.29, 0.717) is 16.5 Å². The van der Waals surface area contributed by atoms with Crippen LogP contribution in [-0.4, -0.2) is 24.9 Å². The number of hydrogen-bond donors (Lipinski definition) is 2. The number of phenolic OH excluding ortho intramolecular Hbond substituents is 1. The first kappa shape index (κ1) is 9.10. The zero-order valence-electron chi connectivity index (χ0n) is 7.91. The zero-order chi connectivity index (χ0) is 11.1. The number of aromatic nitrogens is 4. The van der Waals surface area contributed by atoms with E-state index in [1.807, 2.05) is 0 Å². The molecular weight excluding hydrogens is 228 g/mol. The first-order valence-electron chi connectivity index (χ1n) is 4.48. The van der Waals surface area contributed by atoms with Gasteiger partial charge in [-0.25, -0.2) is 5.10 Å². The maximum Gasteiger partial charge on any atom is 0.343 e. The van der Waals surface area contributed by atoms with Crippen LogP contribution >= 0.6 is 12.2 Å². The highest BCUT2D eigenvalue weighted by Gasteiger charge is 2.09. The number of rotatable bonds is 1. The number of aromatic amines is 1. The summed E-state index contributed by atoms with van der Waals surface area (Å²) in [5.74, 6) is 0.918. The van der Waals surface area contributed by atoms with Gasteiger partial charge in [-0.1, -0.05) is 0 Å². The molecule has 1 aromatic carbocycles. The van der Waals surface area contributed by atoms with E-state index in [9.17, 15) is 0 Å². The molecule has 0 aliphatic rings. The molecule has 0 saturated carbocycles. The Morgan fingerprint density at radius 3 is 2.75 bits per heavy atom. The number of H-pyrrole nitrogens is 1. The lowest BCUT2D eigenvalue weighted by atomic mass is 10.2. The molecule has 0 spiro atoms. The van der Waals surface area contributed by atoms with Gasteiger partial charge >= 0.3 is 5.84 Å². The van der Waals surface area contributed by atoms with Crippen LogP contribution in [0.5, 0.6) is 5.75 Å². The Morgan fingerprint density at radius 2 is 2.06 bits per heavy atom. The van der Waals surface area contributed by atoms with Gasteiger partial charge in [0.05, 0.1) is 0 Å². The molecule has 16 heavy (non-hydrogen) atoms. The molecule has 0 radical (unpaired) electrons. The van der Waals surface area contributed by atoms with E-state index in [1.54, 1.807) is 24.3 Å². The van der Waals surface area contributed by atoms with Crippen LogP contribution in [0.1, 0.15) is 0 Å². The second kappa shape index (κ2) is 3.17. The van der Waals surface area contributed by atoms with Crippen LogP contribution in [0.25, 0.3) is 17.3 Å². The molecule has 0 saturated heterocycles. The van der Waals surface area contributed by atoms with Crippen LogP contribution in [0.4, 0.5) is 0 Å². The zero-order valence-corrected chi connectivity index (χ0v) is 8.73. The van der Waals surface area contributed by atoms with Crippen molar-refractivity contribution >= 4 is 18.1 Å². The minimum absolute atomic E-state index is 0.194. The monoisotopic (exact) mass is 234 g/mol. The normalized spacial score (nSPS) is 11.0. The quantitative estimate of drug-likeness (QED) is 0.627. The largest absolute Gasteiger partial charge is 0.508 e. The van der Waals surface area contributed by atoms with Crippen molar-refractivity contribution in [2.45, 2.75) is 0 Å². The minimum Gasteiger partial charge on any atom is -0.508 e. The van der Waals surface area contributed by atoms with Crippen molar-refractivity contribution in [1.82, 2.24) is 19.8 Å². The van der Waals surface area contributed by atoms with Crippen molar-refractivity contribution in [2.24, 2.45) is 0 Å². The number of fused-ring (bicyclic) bond motifs is 1. The van der Waals surface area contributed by atoms with Crippen molar-refractivity contribution in [2.75, 3.05) is 0 Å². The highest BCUT2D eigenvalue weighted by Crippen LogP contribution is 2.21. The van der Waals surface area contributed by atoms with Gasteiger partial charge in [-0.05, 0) is 36.5 Å². The van der Waals surface area contributed by atoms with E-state index < -0.39 is 0 Å². The molecule has 0 fully saturated rings. The van der Waals surface area contributed by atoms with Crippen molar-refractivity contribution in [3.05, 3.63) is 29.0 Å².